The number of methoxy groups -OCH3 is 1. The quantitative estimate of drug-likeness (QED) is 0.730. The molecular weight excluding hydrogens is 288 g/mol. The van der Waals surface area contributed by atoms with Crippen molar-refractivity contribution in [3.8, 4) is 0 Å². The first-order valence-corrected chi connectivity index (χ1v) is 8.93. The van der Waals surface area contributed by atoms with Gasteiger partial charge in [0, 0.05) is 11.3 Å². The number of ether oxygens (including phenoxy) is 1. The summed E-state index contributed by atoms with van der Waals surface area (Å²) in [4.78, 5) is 0. The fourth-order valence-corrected chi connectivity index (χ4v) is 5.98. The largest absolute Gasteiger partial charge is 0.501 e. The van der Waals surface area contributed by atoms with Gasteiger partial charge in [-0.2, -0.15) is 0 Å². The number of allylic oxidation sites excluding steroid dienone is 4. The lowest BCUT2D eigenvalue weighted by molar-refractivity contribution is -0.0559. The first-order valence-electron chi connectivity index (χ1n) is 8.93. The average molecular weight is 316 g/mol. The van der Waals surface area contributed by atoms with Crippen molar-refractivity contribution in [2.75, 3.05) is 7.11 Å². The molecule has 2 saturated carbocycles. The molecule has 3 heteroatoms. The number of aliphatic hydroxyl groups excluding tert-OH is 2. The molecule has 4 rings (SSSR count). The van der Waals surface area contributed by atoms with E-state index in [-0.39, 0.29) is 16.9 Å². The summed E-state index contributed by atoms with van der Waals surface area (Å²) in [6.07, 6.45) is 11.8. The number of hydrogen-bond donors (Lipinski definition) is 2. The summed E-state index contributed by atoms with van der Waals surface area (Å²) < 4.78 is 5.81. The molecule has 126 valence electrons. The molecule has 7 atom stereocenters. The van der Waals surface area contributed by atoms with E-state index in [1.165, 1.54) is 5.57 Å². The van der Waals surface area contributed by atoms with Crippen LogP contribution in [0.15, 0.2) is 35.6 Å². The van der Waals surface area contributed by atoms with Crippen molar-refractivity contribution in [1.82, 2.24) is 0 Å². The van der Waals surface area contributed by atoms with Crippen LogP contribution >= 0.6 is 0 Å². The van der Waals surface area contributed by atoms with E-state index < -0.39 is 6.10 Å². The Morgan fingerprint density at radius 1 is 1.13 bits per heavy atom. The van der Waals surface area contributed by atoms with Crippen LogP contribution in [0.5, 0.6) is 0 Å². The predicted octanol–water partition coefficient (Wildman–Crippen LogP) is 3.20. The van der Waals surface area contributed by atoms with E-state index in [4.69, 9.17) is 4.74 Å². The second-order valence-electron chi connectivity index (χ2n) is 8.38. The van der Waals surface area contributed by atoms with Crippen LogP contribution in [0.25, 0.3) is 0 Å². The zero-order chi connectivity index (χ0) is 16.4. The van der Waals surface area contributed by atoms with E-state index >= 15 is 0 Å². The van der Waals surface area contributed by atoms with Crippen molar-refractivity contribution >= 4 is 0 Å². The molecule has 4 aliphatic rings. The smallest absolute Gasteiger partial charge is 0.0995 e. The number of fused-ring (bicyclic) bond motifs is 5. The zero-order valence-electron chi connectivity index (χ0n) is 14.3. The predicted molar refractivity (Wildman–Crippen MR) is 89.5 cm³/mol. The Kier molecular flexibility index (Phi) is 3.34. The van der Waals surface area contributed by atoms with E-state index in [9.17, 15) is 10.2 Å². The topological polar surface area (TPSA) is 49.7 Å². The maximum atomic E-state index is 10.5. The van der Waals surface area contributed by atoms with Crippen LogP contribution in [0.3, 0.4) is 0 Å². The van der Waals surface area contributed by atoms with Gasteiger partial charge < -0.3 is 14.9 Å². The SMILES string of the molecule is COC1=CC2=C[C@@H](O)C=C[C@]2(C)[C@H]2CC[C@]3(C)C(O)CC[C@H]3[C@H]12. The first kappa shape index (κ1) is 15.5. The number of aliphatic hydroxyl groups is 2. The van der Waals surface area contributed by atoms with Gasteiger partial charge in [-0.25, -0.2) is 0 Å². The van der Waals surface area contributed by atoms with Crippen LogP contribution in [0.1, 0.15) is 39.5 Å². The molecule has 0 radical (unpaired) electrons. The highest BCUT2D eigenvalue weighted by atomic mass is 16.5. The molecule has 0 aromatic carbocycles. The van der Waals surface area contributed by atoms with Crippen molar-refractivity contribution in [1.29, 1.82) is 0 Å². The molecule has 2 fully saturated rings. The highest BCUT2D eigenvalue weighted by Crippen LogP contribution is 2.64. The maximum absolute atomic E-state index is 10.5. The summed E-state index contributed by atoms with van der Waals surface area (Å²) >= 11 is 0. The molecule has 0 saturated heterocycles. The summed E-state index contributed by atoms with van der Waals surface area (Å²) in [5, 5.41) is 20.5. The van der Waals surface area contributed by atoms with Gasteiger partial charge in [-0.1, -0.05) is 26.0 Å². The molecule has 23 heavy (non-hydrogen) atoms. The minimum atomic E-state index is -0.494. The Balaban J connectivity index is 1.82. The van der Waals surface area contributed by atoms with E-state index in [0.717, 1.165) is 31.4 Å². The van der Waals surface area contributed by atoms with Crippen LogP contribution in [0.4, 0.5) is 0 Å². The van der Waals surface area contributed by atoms with Gasteiger partial charge in [-0.3, -0.25) is 0 Å². The van der Waals surface area contributed by atoms with Crippen molar-refractivity contribution in [3.05, 3.63) is 35.6 Å². The normalized spacial score (nSPS) is 51.3. The minimum Gasteiger partial charge on any atom is -0.501 e. The van der Waals surface area contributed by atoms with Crippen LogP contribution in [-0.2, 0) is 4.74 Å². The van der Waals surface area contributed by atoms with Gasteiger partial charge in [0.1, 0.15) is 0 Å². The third-order valence-corrected chi connectivity index (χ3v) is 7.46. The molecule has 0 bridgehead atoms. The zero-order valence-corrected chi connectivity index (χ0v) is 14.3. The van der Waals surface area contributed by atoms with Gasteiger partial charge in [0.25, 0.3) is 0 Å². The van der Waals surface area contributed by atoms with Crippen LogP contribution in [0, 0.1) is 28.6 Å². The summed E-state index contributed by atoms with van der Waals surface area (Å²) in [5.74, 6) is 2.39. The van der Waals surface area contributed by atoms with Crippen molar-refractivity contribution in [2.45, 2.75) is 51.7 Å². The fraction of sp³-hybridized carbons (Fsp3) is 0.700. The summed E-state index contributed by atoms with van der Waals surface area (Å²) in [6, 6.07) is 0. The first-order chi connectivity index (χ1) is 10.9. The third-order valence-electron chi connectivity index (χ3n) is 7.46. The molecule has 3 nitrogen and oxygen atoms in total. The van der Waals surface area contributed by atoms with Crippen LogP contribution in [-0.4, -0.2) is 29.5 Å². The Hall–Kier alpha value is -1.06. The van der Waals surface area contributed by atoms with Crippen molar-refractivity contribution < 1.29 is 14.9 Å². The van der Waals surface area contributed by atoms with Gasteiger partial charge in [-0.15, -0.1) is 0 Å². The Morgan fingerprint density at radius 3 is 2.65 bits per heavy atom. The monoisotopic (exact) mass is 316 g/mol. The molecule has 2 N–H and O–H groups in total. The maximum Gasteiger partial charge on any atom is 0.0995 e. The third kappa shape index (κ3) is 1.96. The van der Waals surface area contributed by atoms with Crippen LogP contribution < -0.4 is 0 Å². The lowest BCUT2D eigenvalue weighted by Gasteiger charge is -2.55. The molecule has 4 aliphatic carbocycles. The fourth-order valence-electron chi connectivity index (χ4n) is 5.98. The standard InChI is InChI=1S/C20H28O3/c1-19-8-6-13(21)10-12(19)11-16(23-3)18-14-4-5-17(22)20(14,2)9-7-15(18)19/h6,8,10-11,13-15,17-18,21-22H,4-5,7,9H2,1-3H3/t13-,14-,15-,17?,18-,19-,20-/m0/s1. The second kappa shape index (κ2) is 4.97. The summed E-state index contributed by atoms with van der Waals surface area (Å²) in [7, 11) is 1.76. The summed E-state index contributed by atoms with van der Waals surface area (Å²) in [5.41, 5.74) is 1.18. The lowest BCUT2D eigenvalue weighted by atomic mass is 9.49. The highest BCUT2D eigenvalue weighted by molar-refractivity contribution is 5.43. The Bertz CT molecular complexity index is 604. The molecule has 0 spiro atoms. The Labute approximate surface area is 138 Å². The number of rotatable bonds is 1. The highest BCUT2D eigenvalue weighted by Gasteiger charge is 2.59. The van der Waals surface area contributed by atoms with Crippen molar-refractivity contribution in [3.63, 3.8) is 0 Å². The van der Waals surface area contributed by atoms with Gasteiger partial charge in [0.2, 0.25) is 0 Å². The minimum absolute atomic E-state index is 0.0221. The van der Waals surface area contributed by atoms with Crippen molar-refractivity contribution in [2.24, 2.45) is 28.6 Å². The molecular formula is C20H28O3. The second-order valence-corrected chi connectivity index (χ2v) is 8.38. The molecule has 0 aliphatic heterocycles. The van der Waals surface area contributed by atoms with Crippen LogP contribution in [0.2, 0.25) is 0 Å². The molecule has 0 heterocycles. The summed E-state index contributed by atoms with van der Waals surface area (Å²) in [6.45, 7) is 4.57. The van der Waals surface area contributed by atoms with Gasteiger partial charge in [-0.05, 0) is 60.7 Å². The molecule has 1 unspecified atom stereocenters. The van der Waals surface area contributed by atoms with E-state index in [0.29, 0.717) is 17.8 Å². The number of hydrogen-bond acceptors (Lipinski definition) is 3. The Morgan fingerprint density at radius 2 is 1.91 bits per heavy atom. The van der Waals surface area contributed by atoms with Gasteiger partial charge in [0.15, 0.2) is 0 Å². The lowest BCUT2D eigenvalue weighted by Crippen LogP contribution is -2.50. The van der Waals surface area contributed by atoms with E-state index in [2.05, 4.69) is 26.0 Å². The molecule has 0 aromatic heterocycles. The molecule has 0 amide bonds. The van der Waals surface area contributed by atoms with E-state index in [1.807, 2.05) is 12.2 Å². The van der Waals surface area contributed by atoms with E-state index in [1.54, 1.807) is 7.11 Å². The molecule has 0 aromatic rings. The average Bonchev–Trinajstić information content (AvgIpc) is 2.83. The van der Waals surface area contributed by atoms with Gasteiger partial charge >= 0.3 is 0 Å². The van der Waals surface area contributed by atoms with Gasteiger partial charge in [0.05, 0.1) is 25.1 Å².